The maximum absolute atomic E-state index is 12.6. The van der Waals surface area contributed by atoms with E-state index in [4.69, 9.17) is 9.40 Å². The lowest BCUT2D eigenvalue weighted by Crippen LogP contribution is -2.30. The predicted octanol–water partition coefficient (Wildman–Crippen LogP) is 5.77. The zero-order chi connectivity index (χ0) is 23.4. The van der Waals surface area contributed by atoms with Gasteiger partial charge in [-0.05, 0) is 60.6 Å². The van der Waals surface area contributed by atoms with Crippen molar-refractivity contribution in [2.45, 2.75) is 25.8 Å². The topological polar surface area (TPSA) is 64.2 Å². The average molecular weight is 463 g/mol. The summed E-state index contributed by atoms with van der Waals surface area (Å²) in [6.07, 6.45) is 8.56. The van der Waals surface area contributed by atoms with Crippen LogP contribution in [-0.4, -0.2) is 38.4 Å². The van der Waals surface area contributed by atoms with Crippen LogP contribution >= 0.6 is 0 Å². The summed E-state index contributed by atoms with van der Waals surface area (Å²) in [4.78, 5) is 23.9. The van der Waals surface area contributed by atoms with Crippen molar-refractivity contribution in [3.63, 3.8) is 0 Å². The summed E-state index contributed by atoms with van der Waals surface area (Å²) >= 11 is 0. The third kappa shape index (κ3) is 3.70. The number of nitrogens with zero attached hydrogens (tertiary/aromatic N) is 4. The number of benzene rings is 2. The molecule has 2 aromatic carbocycles. The Balaban J connectivity index is 1.19. The summed E-state index contributed by atoms with van der Waals surface area (Å²) in [6, 6.07) is 18.9. The van der Waals surface area contributed by atoms with Crippen LogP contribution in [0.4, 0.5) is 0 Å². The molecule has 4 heterocycles. The Bertz CT molecular complexity index is 1540. The van der Waals surface area contributed by atoms with Gasteiger partial charge in [-0.1, -0.05) is 30.3 Å². The number of furan rings is 1. The molecule has 0 N–H and O–H groups in total. The minimum Gasteiger partial charge on any atom is -0.464 e. The van der Waals surface area contributed by atoms with Crippen molar-refractivity contribution in [3.05, 3.63) is 73.3 Å². The Hall–Kier alpha value is -3.93. The quantitative estimate of drug-likeness (QED) is 0.333. The molecule has 0 unspecified atom stereocenters. The Kier molecular flexibility index (Phi) is 4.72. The Morgan fingerprint density at radius 1 is 0.971 bits per heavy atom. The van der Waals surface area contributed by atoms with Gasteiger partial charge < -0.3 is 13.9 Å². The second kappa shape index (κ2) is 8.08. The minimum atomic E-state index is 0.289. The molecule has 35 heavy (non-hydrogen) atoms. The van der Waals surface area contributed by atoms with E-state index in [2.05, 4.69) is 50.8 Å². The van der Waals surface area contributed by atoms with Gasteiger partial charge in [0.2, 0.25) is 5.91 Å². The largest absolute Gasteiger partial charge is 0.464 e. The van der Waals surface area contributed by atoms with Gasteiger partial charge in [-0.15, -0.1) is 0 Å². The molecule has 6 heteroatoms. The molecule has 1 atom stereocenters. The molecule has 0 radical (unpaired) electrons. The molecule has 1 saturated heterocycles. The number of imidazole rings is 1. The number of amides is 1. The van der Waals surface area contributed by atoms with Crippen LogP contribution in [0.15, 0.2) is 77.7 Å². The van der Waals surface area contributed by atoms with E-state index in [1.807, 2.05) is 30.6 Å². The third-order valence-corrected chi connectivity index (χ3v) is 7.44. The number of hydrogen-bond acceptors (Lipinski definition) is 4. The Morgan fingerprint density at radius 2 is 1.80 bits per heavy atom. The molecular formula is C29H26N4O2. The van der Waals surface area contributed by atoms with Gasteiger partial charge in [0, 0.05) is 42.7 Å². The summed E-state index contributed by atoms with van der Waals surface area (Å²) in [7, 11) is 0. The van der Waals surface area contributed by atoms with Gasteiger partial charge in [-0.25, -0.2) is 4.98 Å². The number of aromatic nitrogens is 3. The summed E-state index contributed by atoms with van der Waals surface area (Å²) in [5.74, 6) is 2.04. The molecule has 174 valence electrons. The van der Waals surface area contributed by atoms with Crippen molar-refractivity contribution >= 4 is 27.9 Å². The number of rotatable bonds is 5. The fourth-order valence-corrected chi connectivity index (χ4v) is 5.37. The first-order chi connectivity index (χ1) is 17.2. The van der Waals surface area contributed by atoms with Crippen molar-refractivity contribution in [1.29, 1.82) is 0 Å². The molecule has 2 aliphatic rings. The molecule has 6 nitrogen and oxygen atoms in total. The SMILES string of the molecule is O=C(C1CC1)N1CC[C@@H](Cn2c(-c3ccc(-c4ccc5occc5c4)cc3)nc3cnccc32)C1. The lowest BCUT2D eigenvalue weighted by molar-refractivity contribution is -0.131. The Labute approximate surface area is 203 Å². The molecule has 3 aromatic heterocycles. The van der Waals surface area contributed by atoms with E-state index in [1.54, 1.807) is 6.26 Å². The molecule has 2 fully saturated rings. The van der Waals surface area contributed by atoms with Crippen molar-refractivity contribution < 1.29 is 9.21 Å². The van der Waals surface area contributed by atoms with Gasteiger partial charge in [-0.2, -0.15) is 0 Å². The van der Waals surface area contributed by atoms with Crippen LogP contribution in [0.5, 0.6) is 0 Å². The van der Waals surface area contributed by atoms with E-state index in [1.165, 1.54) is 0 Å². The summed E-state index contributed by atoms with van der Waals surface area (Å²) in [5.41, 5.74) is 6.30. The fourth-order valence-electron chi connectivity index (χ4n) is 5.37. The van der Waals surface area contributed by atoms with Crippen LogP contribution in [0.2, 0.25) is 0 Å². The van der Waals surface area contributed by atoms with Gasteiger partial charge in [0.25, 0.3) is 0 Å². The minimum absolute atomic E-state index is 0.289. The number of pyridine rings is 1. The maximum atomic E-state index is 12.6. The van der Waals surface area contributed by atoms with E-state index >= 15 is 0 Å². The Morgan fingerprint density at radius 3 is 2.66 bits per heavy atom. The van der Waals surface area contributed by atoms with Crippen molar-refractivity contribution in [3.8, 4) is 22.5 Å². The zero-order valence-electron chi connectivity index (χ0n) is 19.4. The second-order valence-corrected chi connectivity index (χ2v) is 9.87. The van der Waals surface area contributed by atoms with E-state index < -0.39 is 0 Å². The maximum Gasteiger partial charge on any atom is 0.225 e. The molecule has 1 amide bonds. The highest BCUT2D eigenvalue weighted by atomic mass is 16.3. The van der Waals surface area contributed by atoms with Crippen LogP contribution in [0, 0.1) is 11.8 Å². The third-order valence-electron chi connectivity index (χ3n) is 7.44. The first-order valence-electron chi connectivity index (χ1n) is 12.4. The zero-order valence-corrected chi connectivity index (χ0v) is 19.4. The first kappa shape index (κ1) is 20.4. The highest BCUT2D eigenvalue weighted by Gasteiger charge is 2.36. The molecule has 0 bridgehead atoms. The predicted molar refractivity (Wildman–Crippen MR) is 136 cm³/mol. The second-order valence-electron chi connectivity index (χ2n) is 9.87. The smallest absolute Gasteiger partial charge is 0.225 e. The van der Waals surface area contributed by atoms with Crippen molar-refractivity contribution in [2.75, 3.05) is 13.1 Å². The highest BCUT2D eigenvalue weighted by Crippen LogP contribution is 2.34. The normalized spacial score (nSPS) is 18.1. The standard InChI is InChI=1S/C29H26N4O2/c34-29(22-5-6-22)32-13-10-19(17-32)18-33-26-9-12-30-16-25(26)31-28(33)21-3-1-20(2-4-21)23-7-8-27-24(15-23)11-14-35-27/h1-4,7-9,11-12,14-16,19,22H,5-6,10,13,17-18H2/t19-/m1/s1. The molecule has 0 spiro atoms. The van der Waals surface area contributed by atoms with Crippen molar-refractivity contribution in [2.24, 2.45) is 11.8 Å². The van der Waals surface area contributed by atoms with Crippen LogP contribution in [0.25, 0.3) is 44.5 Å². The van der Waals surface area contributed by atoms with Gasteiger partial charge in [0.1, 0.15) is 16.9 Å². The average Bonchev–Trinajstić information content (AvgIpc) is 3.30. The first-order valence-corrected chi connectivity index (χ1v) is 12.4. The molecule has 1 saturated carbocycles. The molecule has 1 aliphatic carbocycles. The van der Waals surface area contributed by atoms with Gasteiger partial charge in [0.05, 0.1) is 18.0 Å². The van der Waals surface area contributed by atoms with Gasteiger partial charge >= 0.3 is 0 Å². The van der Waals surface area contributed by atoms with E-state index in [0.717, 1.165) is 83.4 Å². The number of carbonyl (C=O) groups excluding carboxylic acids is 1. The number of likely N-dealkylation sites (tertiary alicyclic amines) is 1. The molecular weight excluding hydrogens is 436 g/mol. The van der Waals surface area contributed by atoms with E-state index in [0.29, 0.717) is 11.8 Å². The van der Waals surface area contributed by atoms with Crippen LogP contribution in [0.3, 0.4) is 0 Å². The summed E-state index contributed by atoms with van der Waals surface area (Å²) in [6.45, 7) is 2.57. The number of hydrogen-bond donors (Lipinski definition) is 0. The van der Waals surface area contributed by atoms with Crippen molar-refractivity contribution in [1.82, 2.24) is 19.4 Å². The van der Waals surface area contributed by atoms with Gasteiger partial charge in [0.15, 0.2) is 0 Å². The highest BCUT2D eigenvalue weighted by molar-refractivity contribution is 5.84. The van der Waals surface area contributed by atoms with E-state index in [-0.39, 0.29) is 5.92 Å². The lowest BCUT2D eigenvalue weighted by atomic mass is 10.0. The monoisotopic (exact) mass is 462 g/mol. The molecule has 1 aliphatic heterocycles. The van der Waals surface area contributed by atoms with Crippen LogP contribution in [0.1, 0.15) is 19.3 Å². The van der Waals surface area contributed by atoms with Crippen LogP contribution < -0.4 is 0 Å². The summed E-state index contributed by atoms with van der Waals surface area (Å²) < 4.78 is 7.80. The molecule has 7 rings (SSSR count). The lowest BCUT2D eigenvalue weighted by Gasteiger charge is -2.18. The van der Waals surface area contributed by atoms with E-state index in [9.17, 15) is 4.79 Å². The number of carbonyl (C=O) groups is 1. The molecule has 5 aromatic rings. The summed E-state index contributed by atoms with van der Waals surface area (Å²) in [5, 5.41) is 1.10. The number of fused-ring (bicyclic) bond motifs is 2. The van der Waals surface area contributed by atoms with Crippen LogP contribution in [-0.2, 0) is 11.3 Å². The van der Waals surface area contributed by atoms with Gasteiger partial charge in [-0.3, -0.25) is 9.78 Å². The fraction of sp³-hybridized carbons (Fsp3) is 0.276.